The topological polar surface area (TPSA) is 109 Å². The molecule has 1 aliphatic rings. The van der Waals surface area contributed by atoms with Crippen LogP contribution in [0.2, 0.25) is 10.0 Å². The van der Waals surface area contributed by atoms with E-state index in [1.165, 1.54) is 0 Å². The molecule has 1 aliphatic heterocycles. The van der Waals surface area contributed by atoms with Crippen molar-refractivity contribution in [3.05, 3.63) is 69.2 Å². The van der Waals surface area contributed by atoms with Crippen LogP contribution in [0.3, 0.4) is 0 Å². The second kappa shape index (κ2) is 14.4. The van der Waals surface area contributed by atoms with E-state index >= 15 is 0 Å². The predicted octanol–water partition coefficient (Wildman–Crippen LogP) is 4.50. The second-order valence-corrected chi connectivity index (χ2v) is 9.70. The number of amides is 2. The minimum atomic E-state index is -1.13. The van der Waals surface area contributed by atoms with Gasteiger partial charge in [-0.15, -0.1) is 0 Å². The summed E-state index contributed by atoms with van der Waals surface area (Å²) in [5.74, 6) is 0.244. The number of nitrogens with one attached hydrogen (secondary N) is 3. The number of benzene rings is 2. The van der Waals surface area contributed by atoms with Gasteiger partial charge in [0.2, 0.25) is 0 Å². The molecule has 0 aliphatic carbocycles. The molecule has 3 rings (SSSR count). The van der Waals surface area contributed by atoms with Gasteiger partial charge in [0.25, 0.3) is 5.91 Å². The minimum absolute atomic E-state index is 0.109. The first-order chi connectivity index (χ1) is 17.4. The Hall–Kier alpha value is -2.36. The van der Waals surface area contributed by atoms with Crippen molar-refractivity contribution in [2.45, 2.75) is 31.4 Å². The lowest BCUT2D eigenvalue weighted by molar-refractivity contribution is 0.0478. The summed E-state index contributed by atoms with van der Waals surface area (Å²) >= 11 is 12.6. The number of likely N-dealkylation sites (N-methyl/N-ethyl adjacent to an activating group) is 1. The Labute approximate surface area is 221 Å². The van der Waals surface area contributed by atoms with Crippen molar-refractivity contribution in [2.75, 3.05) is 40.0 Å². The molecule has 10 heteroatoms. The van der Waals surface area contributed by atoms with Gasteiger partial charge in [-0.05, 0) is 73.7 Å². The summed E-state index contributed by atoms with van der Waals surface area (Å²) in [6.07, 6.45) is 1.40. The standard InChI is InChI=1S/C26H33Cl2N3O5/c1-29-23(10-17-4-3-8-35-16-17)15-31-25(32)20-11-19(13-22(28)14-20)24(36-9-7-30-26(33)34)18-5-2-6-21(27)12-18/h2,5-6,11-14,17,23-24,29-30H,3-4,7-10,15-16H2,1H3,(H,31,32)(H,33,34)/t17-,23-,24?/m1/s1. The fourth-order valence-electron chi connectivity index (χ4n) is 4.30. The Morgan fingerprint density at radius 2 is 1.94 bits per heavy atom. The molecule has 4 N–H and O–H groups in total. The van der Waals surface area contributed by atoms with Crippen LogP contribution in [0.4, 0.5) is 4.79 Å². The molecule has 2 aromatic carbocycles. The molecule has 1 saturated heterocycles. The summed E-state index contributed by atoms with van der Waals surface area (Å²) in [4.78, 5) is 23.8. The van der Waals surface area contributed by atoms with E-state index in [0.717, 1.165) is 38.0 Å². The molecule has 0 radical (unpaired) electrons. The first kappa shape index (κ1) is 28.2. The summed E-state index contributed by atoms with van der Waals surface area (Å²) in [5, 5.41) is 18.3. The van der Waals surface area contributed by atoms with Crippen molar-refractivity contribution >= 4 is 35.2 Å². The highest BCUT2D eigenvalue weighted by Crippen LogP contribution is 2.30. The number of halogens is 2. The van der Waals surface area contributed by atoms with Crippen LogP contribution in [0.1, 0.15) is 46.9 Å². The Balaban J connectivity index is 1.72. The molecule has 2 aromatic rings. The average Bonchev–Trinajstić information content (AvgIpc) is 2.86. The molecule has 0 aromatic heterocycles. The second-order valence-electron chi connectivity index (χ2n) is 8.83. The number of rotatable bonds is 12. The molecule has 1 fully saturated rings. The molecule has 196 valence electrons. The Morgan fingerprint density at radius 3 is 2.64 bits per heavy atom. The molecule has 36 heavy (non-hydrogen) atoms. The molecule has 0 spiro atoms. The van der Waals surface area contributed by atoms with Crippen LogP contribution in [0.25, 0.3) is 0 Å². The zero-order valence-corrected chi connectivity index (χ0v) is 21.8. The largest absolute Gasteiger partial charge is 0.465 e. The van der Waals surface area contributed by atoms with Crippen molar-refractivity contribution < 1.29 is 24.2 Å². The van der Waals surface area contributed by atoms with Gasteiger partial charge in [0.05, 0.1) is 6.61 Å². The van der Waals surface area contributed by atoms with Gasteiger partial charge < -0.3 is 30.5 Å². The lowest BCUT2D eigenvalue weighted by Crippen LogP contribution is -2.41. The summed E-state index contributed by atoms with van der Waals surface area (Å²) in [6.45, 7) is 2.29. The third-order valence-electron chi connectivity index (χ3n) is 6.09. The van der Waals surface area contributed by atoms with E-state index in [9.17, 15) is 9.59 Å². The number of hydrogen-bond acceptors (Lipinski definition) is 5. The van der Waals surface area contributed by atoms with Crippen molar-refractivity contribution in [3.63, 3.8) is 0 Å². The van der Waals surface area contributed by atoms with Crippen molar-refractivity contribution in [3.8, 4) is 0 Å². The van der Waals surface area contributed by atoms with Crippen LogP contribution in [0.5, 0.6) is 0 Å². The van der Waals surface area contributed by atoms with E-state index in [0.29, 0.717) is 33.6 Å². The first-order valence-electron chi connectivity index (χ1n) is 12.0. The number of carboxylic acid groups (broad SMARTS) is 1. The molecule has 1 heterocycles. The van der Waals surface area contributed by atoms with Gasteiger partial charge in [-0.3, -0.25) is 4.79 Å². The van der Waals surface area contributed by atoms with E-state index < -0.39 is 12.2 Å². The monoisotopic (exact) mass is 537 g/mol. The normalized spacial score (nSPS) is 17.2. The zero-order valence-electron chi connectivity index (χ0n) is 20.3. The highest BCUT2D eigenvalue weighted by atomic mass is 35.5. The fourth-order valence-corrected chi connectivity index (χ4v) is 4.74. The van der Waals surface area contributed by atoms with Crippen LogP contribution < -0.4 is 16.0 Å². The maximum Gasteiger partial charge on any atom is 0.404 e. The quantitative estimate of drug-likeness (QED) is 0.297. The van der Waals surface area contributed by atoms with E-state index in [1.807, 2.05) is 13.1 Å². The Kier molecular flexibility index (Phi) is 11.3. The van der Waals surface area contributed by atoms with E-state index in [1.54, 1.807) is 36.4 Å². The molecule has 1 unspecified atom stereocenters. The van der Waals surface area contributed by atoms with E-state index in [4.69, 9.17) is 37.8 Å². The maximum absolute atomic E-state index is 13.1. The summed E-state index contributed by atoms with van der Waals surface area (Å²) < 4.78 is 11.6. The lowest BCUT2D eigenvalue weighted by Gasteiger charge is -2.26. The summed E-state index contributed by atoms with van der Waals surface area (Å²) in [6, 6.07) is 12.4. The van der Waals surface area contributed by atoms with Crippen LogP contribution in [0, 0.1) is 5.92 Å². The average molecular weight is 538 g/mol. The number of carbonyl (C=O) groups excluding carboxylic acids is 1. The summed E-state index contributed by atoms with van der Waals surface area (Å²) in [5.41, 5.74) is 1.83. The van der Waals surface area contributed by atoms with E-state index in [-0.39, 0.29) is 25.1 Å². The Morgan fingerprint density at radius 1 is 1.14 bits per heavy atom. The van der Waals surface area contributed by atoms with Crippen LogP contribution in [-0.4, -0.2) is 63.1 Å². The van der Waals surface area contributed by atoms with Gasteiger partial charge in [0, 0.05) is 48.0 Å². The fraction of sp³-hybridized carbons (Fsp3) is 0.462. The SMILES string of the molecule is CN[C@@H](CNC(=O)c1cc(Cl)cc(C(OCCNC(=O)O)c2cccc(Cl)c2)c1)C[C@H]1CCCOC1. The highest BCUT2D eigenvalue weighted by molar-refractivity contribution is 6.31. The lowest BCUT2D eigenvalue weighted by atomic mass is 9.94. The van der Waals surface area contributed by atoms with Gasteiger partial charge in [-0.1, -0.05) is 35.3 Å². The van der Waals surface area contributed by atoms with Gasteiger partial charge in [0.15, 0.2) is 0 Å². The van der Waals surface area contributed by atoms with Gasteiger partial charge in [-0.25, -0.2) is 4.79 Å². The van der Waals surface area contributed by atoms with Crippen LogP contribution >= 0.6 is 23.2 Å². The van der Waals surface area contributed by atoms with Crippen molar-refractivity contribution in [1.29, 1.82) is 0 Å². The Bertz CT molecular complexity index is 1020. The predicted molar refractivity (Wildman–Crippen MR) is 140 cm³/mol. The molecular weight excluding hydrogens is 505 g/mol. The molecule has 8 nitrogen and oxygen atoms in total. The van der Waals surface area contributed by atoms with Gasteiger partial charge in [0.1, 0.15) is 6.10 Å². The zero-order chi connectivity index (χ0) is 25.9. The molecule has 3 atom stereocenters. The van der Waals surface area contributed by atoms with Crippen molar-refractivity contribution in [1.82, 2.24) is 16.0 Å². The summed E-state index contributed by atoms with van der Waals surface area (Å²) in [7, 11) is 1.89. The molecule has 0 saturated carbocycles. The smallest absolute Gasteiger partial charge is 0.404 e. The van der Waals surface area contributed by atoms with Crippen LogP contribution in [0.15, 0.2) is 42.5 Å². The maximum atomic E-state index is 13.1. The van der Waals surface area contributed by atoms with Gasteiger partial charge >= 0.3 is 6.09 Å². The van der Waals surface area contributed by atoms with Gasteiger partial charge in [-0.2, -0.15) is 0 Å². The highest BCUT2D eigenvalue weighted by Gasteiger charge is 2.21. The third-order valence-corrected chi connectivity index (χ3v) is 6.54. The molecule has 2 amide bonds. The third kappa shape index (κ3) is 8.94. The van der Waals surface area contributed by atoms with Crippen molar-refractivity contribution in [2.24, 2.45) is 5.92 Å². The van der Waals surface area contributed by atoms with Crippen LogP contribution in [-0.2, 0) is 9.47 Å². The number of carbonyl (C=O) groups is 2. The molecule has 0 bridgehead atoms. The number of hydrogen-bond donors (Lipinski definition) is 4. The van der Waals surface area contributed by atoms with E-state index in [2.05, 4.69) is 16.0 Å². The minimum Gasteiger partial charge on any atom is -0.465 e. The number of ether oxygens (including phenoxy) is 2. The first-order valence-corrected chi connectivity index (χ1v) is 12.8. The molecular formula is C26H33Cl2N3O5.